The van der Waals surface area contributed by atoms with Gasteiger partial charge in [0.2, 0.25) is 0 Å². The predicted octanol–water partition coefficient (Wildman–Crippen LogP) is 1.91. The van der Waals surface area contributed by atoms with Gasteiger partial charge in [-0.3, -0.25) is 9.69 Å². The summed E-state index contributed by atoms with van der Waals surface area (Å²) in [5, 5.41) is 0.819. The van der Waals surface area contributed by atoms with Gasteiger partial charge in [0.15, 0.2) is 5.11 Å². The second-order valence-corrected chi connectivity index (χ2v) is 5.50. The molecule has 0 N–H and O–H groups in total. The van der Waals surface area contributed by atoms with Crippen molar-refractivity contribution in [1.82, 2.24) is 9.80 Å². The number of hydrogen-bond acceptors (Lipinski definition) is 2. The van der Waals surface area contributed by atoms with Crippen LogP contribution >= 0.6 is 12.2 Å². The maximum Gasteiger partial charge on any atom is 0.251 e. The van der Waals surface area contributed by atoms with E-state index >= 15 is 0 Å². The zero-order chi connectivity index (χ0) is 11.1. The standard InChI is InChI=1S/C12H18N2OS/c15-11-10-7-4-8-13(10)12(16)14(11)9-5-2-1-3-6-9/h9-10H,1-8H2/t10-/m0/s1. The number of carbonyl (C=O) groups is 1. The first kappa shape index (κ1) is 10.5. The fourth-order valence-corrected chi connectivity index (χ4v) is 3.78. The summed E-state index contributed by atoms with van der Waals surface area (Å²) < 4.78 is 0. The zero-order valence-electron chi connectivity index (χ0n) is 9.52. The van der Waals surface area contributed by atoms with E-state index in [9.17, 15) is 4.79 Å². The third kappa shape index (κ3) is 1.46. The van der Waals surface area contributed by atoms with Crippen molar-refractivity contribution in [3.05, 3.63) is 0 Å². The van der Waals surface area contributed by atoms with Crippen molar-refractivity contribution < 1.29 is 4.79 Å². The molecule has 1 amide bonds. The van der Waals surface area contributed by atoms with Crippen molar-refractivity contribution in [1.29, 1.82) is 0 Å². The highest BCUT2D eigenvalue weighted by Gasteiger charge is 2.47. The average molecular weight is 238 g/mol. The third-order valence-electron chi connectivity index (χ3n) is 4.17. The van der Waals surface area contributed by atoms with E-state index in [-0.39, 0.29) is 11.9 Å². The SMILES string of the molecule is O=C1[C@@H]2CCCN2C(=S)N1C1CCCCC1. The number of thiocarbonyl (C=S) groups is 1. The van der Waals surface area contributed by atoms with Crippen molar-refractivity contribution >= 4 is 23.2 Å². The molecular formula is C12H18N2OS. The van der Waals surface area contributed by atoms with Crippen LogP contribution in [0, 0.1) is 0 Å². The quantitative estimate of drug-likeness (QED) is 0.652. The van der Waals surface area contributed by atoms with Crippen molar-refractivity contribution in [2.24, 2.45) is 0 Å². The van der Waals surface area contributed by atoms with Gasteiger partial charge in [0.25, 0.3) is 5.91 Å². The maximum atomic E-state index is 12.3. The van der Waals surface area contributed by atoms with Crippen LogP contribution in [0.25, 0.3) is 0 Å². The second kappa shape index (κ2) is 3.99. The molecule has 0 aromatic heterocycles. The molecule has 0 aromatic rings. The first-order valence-corrected chi connectivity index (χ1v) is 6.83. The van der Waals surface area contributed by atoms with Crippen LogP contribution in [0.4, 0.5) is 0 Å². The Hall–Kier alpha value is -0.640. The van der Waals surface area contributed by atoms with Gasteiger partial charge in [0.05, 0.1) is 0 Å². The number of fused-ring (bicyclic) bond motifs is 1. The van der Waals surface area contributed by atoms with E-state index in [1.807, 2.05) is 4.90 Å². The maximum absolute atomic E-state index is 12.3. The van der Waals surface area contributed by atoms with Crippen LogP contribution in [0.2, 0.25) is 0 Å². The fourth-order valence-electron chi connectivity index (χ4n) is 3.32. The molecule has 2 aliphatic heterocycles. The molecule has 3 aliphatic rings. The minimum absolute atomic E-state index is 0.0921. The van der Waals surface area contributed by atoms with E-state index in [2.05, 4.69) is 4.90 Å². The van der Waals surface area contributed by atoms with Gasteiger partial charge in [0.1, 0.15) is 6.04 Å². The molecule has 0 radical (unpaired) electrons. The summed E-state index contributed by atoms with van der Waals surface area (Å²) >= 11 is 5.47. The van der Waals surface area contributed by atoms with Crippen molar-refractivity contribution in [3.63, 3.8) is 0 Å². The lowest BCUT2D eigenvalue weighted by Crippen LogP contribution is -2.42. The molecule has 3 fully saturated rings. The first-order valence-electron chi connectivity index (χ1n) is 6.43. The van der Waals surface area contributed by atoms with Crippen LogP contribution in [0.3, 0.4) is 0 Å². The first-order chi connectivity index (χ1) is 7.79. The lowest BCUT2D eigenvalue weighted by molar-refractivity contribution is -0.129. The van der Waals surface area contributed by atoms with Crippen molar-refractivity contribution in [3.8, 4) is 0 Å². The third-order valence-corrected chi connectivity index (χ3v) is 4.60. The van der Waals surface area contributed by atoms with E-state index in [1.165, 1.54) is 19.3 Å². The molecule has 0 bridgehead atoms. The molecule has 0 spiro atoms. The molecule has 4 heteroatoms. The van der Waals surface area contributed by atoms with Gasteiger partial charge < -0.3 is 4.90 Å². The molecule has 0 aromatic carbocycles. The molecule has 16 heavy (non-hydrogen) atoms. The number of carbonyl (C=O) groups excluding carboxylic acids is 1. The van der Waals surface area contributed by atoms with E-state index in [1.54, 1.807) is 0 Å². The van der Waals surface area contributed by atoms with Gasteiger partial charge in [-0.25, -0.2) is 0 Å². The molecule has 2 heterocycles. The molecule has 1 saturated carbocycles. The Morgan fingerprint density at radius 1 is 1.06 bits per heavy atom. The van der Waals surface area contributed by atoms with Crippen LogP contribution in [0.5, 0.6) is 0 Å². The van der Waals surface area contributed by atoms with Crippen LogP contribution in [0.1, 0.15) is 44.9 Å². The topological polar surface area (TPSA) is 23.6 Å². The van der Waals surface area contributed by atoms with E-state index in [0.29, 0.717) is 6.04 Å². The van der Waals surface area contributed by atoms with Crippen LogP contribution in [0.15, 0.2) is 0 Å². The highest BCUT2D eigenvalue weighted by Crippen LogP contribution is 2.33. The lowest BCUT2D eigenvalue weighted by Gasteiger charge is -2.31. The monoisotopic (exact) mass is 238 g/mol. The molecular weight excluding hydrogens is 220 g/mol. The normalized spacial score (nSPS) is 31.4. The van der Waals surface area contributed by atoms with Crippen molar-refractivity contribution in [2.45, 2.75) is 57.0 Å². The molecule has 1 aliphatic carbocycles. The van der Waals surface area contributed by atoms with Crippen LogP contribution in [-0.2, 0) is 4.79 Å². The summed E-state index contributed by atoms with van der Waals surface area (Å²) in [5.41, 5.74) is 0. The molecule has 2 saturated heterocycles. The summed E-state index contributed by atoms with van der Waals surface area (Å²) in [6.07, 6.45) is 8.23. The van der Waals surface area contributed by atoms with Gasteiger partial charge in [-0.1, -0.05) is 19.3 Å². The van der Waals surface area contributed by atoms with Gasteiger partial charge >= 0.3 is 0 Å². The van der Waals surface area contributed by atoms with Gasteiger partial charge in [0, 0.05) is 12.6 Å². The van der Waals surface area contributed by atoms with Crippen molar-refractivity contribution in [2.75, 3.05) is 6.54 Å². The Balaban J connectivity index is 1.80. The lowest BCUT2D eigenvalue weighted by atomic mass is 9.94. The largest absolute Gasteiger partial charge is 0.337 e. The molecule has 3 nitrogen and oxygen atoms in total. The smallest absolute Gasteiger partial charge is 0.251 e. The van der Waals surface area contributed by atoms with E-state index < -0.39 is 0 Å². The summed E-state index contributed by atoms with van der Waals surface area (Å²) in [4.78, 5) is 16.4. The summed E-state index contributed by atoms with van der Waals surface area (Å²) in [7, 11) is 0. The Kier molecular flexibility index (Phi) is 2.62. The van der Waals surface area contributed by atoms with Gasteiger partial charge in [-0.05, 0) is 37.9 Å². The minimum atomic E-state index is 0.0921. The molecule has 0 unspecified atom stereocenters. The summed E-state index contributed by atoms with van der Waals surface area (Å²) in [5.74, 6) is 0.286. The van der Waals surface area contributed by atoms with Crippen LogP contribution < -0.4 is 0 Å². The molecule has 3 rings (SSSR count). The fraction of sp³-hybridized carbons (Fsp3) is 0.833. The molecule has 88 valence electrons. The highest BCUT2D eigenvalue weighted by atomic mass is 32.1. The number of amides is 1. The number of nitrogens with zero attached hydrogens (tertiary/aromatic N) is 2. The van der Waals surface area contributed by atoms with E-state index in [4.69, 9.17) is 12.2 Å². The Labute approximate surface area is 102 Å². The second-order valence-electron chi connectivity index (χ2n) is 5.13. The Bertz CT molecular complexity index is 303. The average Bonchev–Trinajstić information content (AvgIpc) is 2.86. The zero-order valence-corrected chi connectivity index (χ0v) is 10.3. The summed E-state index contributed by atoms with van der Waals surface area (Å²) in [6.45, 7) is 0.985. The number of rotatable bonds is 1. The van der Waals surface area contributed by atoms with Crippen LogP contribution in [-0.4, -0.2) is 39.4 Å². The number of hydrogen-bond donors (Lipinski definition) is 0. The molecule has 1 atom stereocenters. The van der Waals surface area contributed by atoms with Gasteiger partial charge in [-0.2, -0.15) is 0 Å². The summed E-state index contributed by atoms with van der Waals surface area (Å²) in [6, 6.07) is 0.494. The van der Waals surface area contributed by atoms with Gasteiger partial charge in [-0.15, -0.1) is 0 Å². The Morgan fingerprint density at radius 3 is 2.50 bits per heavy atom. The predicted molar refractivity (Wildman–Crippen MR) is 66.0 cm³/mol. The van der Waals surface area contributed by atoms with E-state index in [0.717, 1.165) is 37.3 Å². The highest BCUT2D eigenvalue weighted by molar-refractivity contribution is 7.80. The Morgan fingerprint density at radius 2 is 1.81 bits per heavy atom. The minimum Gasteiger partial charge on any atom is -0.337 e.